The van der Waals surface area contributed by atoms with Crippen molar-refractivity contribution in [2.75, 3.05) is 11.1 Å². The highest BCUT2D eigenvalue weighted by molar-refractivity contribution is 7.99. The summed E-state index contributed by atoms with van der Waals surface area (Å²) in [4.78, 5) is 23.0. The molecular weight excluding hydrogens is 348 g/mol. The fraction of sp³-hybridized carbons (Fsp3) is 0.235. The Labute approximate surface area is 149 Å². The predicted octanol–water partition coefficient (Wildman–Crippen LogP) is 4.93. The average Bonchev–Trinajstić information content (AvgIpc) is 2.56. The molecular formula is C17H17ClN2O3S. The van der Waals surface area contributed by atoms with Crippen LogP contribution in [-0.4, -0.2) is 16.6 Å². The van der Waals surface area contributed by atoms with Gasteiger partial charge in [-0.1, -0.05) is 42.8 Å². The Morgan fingerprint density at radius 3 is 2.71 bits per heavy atom. The summed E-state index contributed by atoms with van der Waals surface area (Å²) < 4.78 is 0. The molecule has 0 bridgehead atoms. The molecule has 0 unspecified atom stereocenters. The molecule has 0 saturated carbocycles. The van der Waals surface area contributed by atoms with Crippen molar-refractivity contribution in [3.8, 4) is 0 Å². The van der Waals surface area contributed by atoms with Crippen molar-refractivity contribution in [3.05, 3.63) is 63.2 Å². The fourth-order valence-electron chi connectivity index (χ4n) is 2.19. The lowest BCUT2D eigenvalue weighted by Gasteiger charge is -2.10. The molecule has 0 saturated heterocycles. The van der Waals surface area contributed by atoms with Crippen LogP contribution in [0.4, 0.5) is 11.4 Å². The van der Waals surface area contributed by atoms with Crippen LogP contribution in [0.2, 0.25) is 5.02 Å². The number of hydrogen-bond donors (Lipinski definition) is 1. The monoisotopic (exact) mass is 364 g/mol. The second kappa shape index (κ2) is 8.70. The molecule has 0 spiro atoms. The van der Waals surface area contributed by atoms with Crippen molar-refractivity contribution < 1.29 is 9.72 Å². The Bertz CT molecular complexity index is 752. The molecule has 126 valence electrons. The van der Waals surface area contributed by atoms with Crippen LogP contribution in [0.5, 0.6) is 0 Å². The number of amides is 1. The Kier molecular flexibility index (Phi) is 6.63. The SMILES string of the molecule is CCc1ccccc1NC(=O)CCSc1c(Cl)cccc1[N+](=O)[O-]. The summed E-state index contributed by atoms with van der Waals surface area (Å²) in [6.07, 6.45) is 1.07. The lowest BCUT2D eigenvalue weighted by atomic mass is 10.1. The van der Waals surface area contributed by atoms with Crippen LogP contribution in [0.1, 0.15) is 18.9 Å². The predicted molar refractivity (Wildman–Crippen MR) is 97.9 cm³/mol. The first-order valence-electron chi connectivity index (χ1n) is 7.46. The van der Waals surface area contributed by atoms with Gasteiger partial charge in [0.2, 0.25) is 5.91 Å². The molecule has 0 aliphatic carbocycles. The molecule has 5 nitrogen and oxygen atoms in total. The van der Waals surface area contributed by atoms with E-state index in [4.69, 9.17) is 11.6 Å². The van der Waals surface area contributed by atoms with E-state index in [-0.39, 0.29) is 18.0 Å². The Balaban J connectivity index is 1.95. The zero-order chi connectivity index (χ0) is 17.5. The van der Waals surface area contributed by atoms with Gasteiger partial charge in [-0.3, -0.25) is 14.9 Å². The molecule has 0 aliphatic rings. The number of carbonyl (C=O) groups excluding carboxylic acids is 1. The van der Waals surface area contributed by atoms with E-state index < -0.39 is 4.92 Å². The molecule has 24 heavy (non-hydrogen) atoms. The number of halogens is 1. The Morgan fingerprint density at radius 1 is 1.25 bits per heavy atom. The van der Waals surface area contributed by atoms with E-state index in [1.807, 2.05) is 31.2 Å². The highest BCUT2D eigenvalue weighted by Crippen LogP contribution is 2.35. The first kappa shape index (κ1) is 18.3. The third kappa shape index (κ3) is 4.72. The van der Waals surface area contributed by atoms with E-state index in [2.05, 4.69) is 5.32 Å². The second-order valence-electron chi connectivity index (χ2n) is 5.00. The third-order valence-electron chi connectivity index (χ3n) is 3.39. The van der Waals surface area contributed by atoms with Gasteiger partial charge >= 0.3 is 0 Å². The van der Waals surface area contributed by atoms with Gasteiger partial charge in [0.1, 0.15) is 4.90 Å². The largest absolute Gasteiger partial charge is 0.326 e. The van der Waals surface area contributed by atoms with E-state index in [9.17, 15) is 14.9 Å². The first-order valence-corrected chi connectivity index (χ1v) is 8.82. The van der Waals surface area contributed by atoms with Crippen molar-refractivity contribution >= 4 is 40.6 Å². The van der Waals surface area contributed by atoms with Crippen LogP contribution >= 0.6 is 23.4 Å². The summed E-state index contributed by atoms with van der Waals surface area (Å²) in [6.45, 7) is 2.03. The maximum absolute atomic E-state index is 12.1. The molecule has 1 amide bonds. The third-order valence-corrected chi connectivity index (χ3v) is 4.94. The topological polar surface area (TPSA) is 72.2 Å². The van der Waals surface area contributed by atoms with E-state index in [1.165, 1.54) is 17.8 Å². The Morgan fingerprint density at radius 2 is 2.00 bits per heavy atom. The van der Waals surface area contributed by atoms with Crippen molar-refractivity contribution in [2.45, 2.75) is 24.7 Å². The van der Waals surface area contributed by atoms with Gasteiger partial charge in [0.25, 0.3) is 5.69 Å². The van der Waals surface area contributed by atoms with E-state index in [0.717, 1.165) is 17.7 Å². The van der Waals surface area contributed by atoms with Gasteiger partial charge < -0.3 is 5.32 Å². The minimum atomic E-state index is -0.466. The molecule has 7 heteroatoms. The van der Waals surface area contributed by atoms with Crippen LogP contribution in [0.3, 0.4) is 0 Å². The standard InChI is InChI=1S/C17H17ClN2O3S/c1-2-12-6-3-4-8-14(12)19-16(21)10-11-24-17-13(18)7-5-9-15(17)20(22)23/h3-9H,2,10-11H2,1H3,(H,19,21). The lowest BCUT2D eigenvalue weighted by Crippen LogP contribution is -2.13. The number of nitro benzene ring substituents is 1. The van der Waals surface area contributed by atoms with Crippen LogP contribution < -0.4 is 5.32 Å². The van der Waals surface area contributed by atoms with E-state index in [1.54, 1.807) is 12.1 Å². The number of nitrogens with zero attached hydrogens (tertiary/aromatic N) is 1. The molecule has 2 aromatic rings. The number of rotatable bonds is 7. The van der Waals surface area contributed by atoms with Gasteiger partial charge in [0.15, 0.2) is 0 Å². The minimum absolute atomic E-state index is 0.0377. The van der Waals surface area contributed by atoms with Crippen LogP contribution in [0.25, 0.3) is 0 Å². The molecule has 0 aromatic heterocycles. The second-order valence-corrected chi connectivity index (χ2v) is 6.51. The van der Waals surface area contributed by atoms with Gasteiger partial charge in [-0.05, 0) is 24.1 Å². The fourth-order valence-corrected chi connectivity index (χ4v) is 3.51. The minimum Gasteiger partial charge on any atom is -0.326 e. The van der Waals surface area contributed by atoms with Crippen molar-refractivity contribution in [3.63, 3.8) is 0 Å². The average molecular weight is 365 g/mol. The number of anilines is 1. The number of para-hydroxylation sites is 1. The van der Waals surface area contributed by atoms with Crippen molar-refractivity contribution in [2.24, 2.45) is 0 Å². The number of benzene rings is 2. The molecule has 0 aliphatic heterocycles. The van der Waals surface area contributed by atoms with Crippen molar-refractivity contribution in [1.29, 1.82) is 0 Å². The summed E-state index contributed by atoms with van der Waals surface area (Å²) in [7, 11) is 0. The highest BCUT2D eigenvalue weighted by Gasteiger charge is 2.17. The number of carbonyl (C=O) groups is 1. The normalized spacial score (nSPS) is 10.4. The summed E-state index contributed by atoms with van der Waals surface area (Å²) >= 11 is 7.25. The first-order chi connectivity index (χ1) is 11.5. The summed E-state index contributed by atoms with van der Waals surface area (Å²) in [5, 5.41) is 14.2. The number of nitrogens with one attached hydrogen (secondary N) is 1. The van der Waals surface area contributed by atoms with Gasteiger partial charge in [0, 0.05) is 23.9 Å². The molecule has 2 aromatic carbocycles. The van der Waals surface area contributed by atoms with Crippen LogP contribution in [-0.2, 0) is 11.2 Å². The Hall–Kier alpha value is -2.05. The zero-order valence-electron chi connectivity index (χ0n) is 13.1. The smallest absolute Gasteiger partial charge is 0.284 e. The van der Waals surface area contributed by atoms with Crippen molar-refractivity contribution in [1.82, 2.24) is 0 Å². The highest BCUT2D eigenvalue weighted by atomic mass is 35.5. The molecule has 0 heterocycles. The van der Waals surface area contributed by atoms with Crippen LogP contribution in [0, 0.1) is 10.1 Å². The summed E-state index contributed by atoms with van der Waals surface area (Å²) in [5.41, 5.74) is 1.84. The summed E-state index contributed by atoms with van der Waals surface area (Å²) in [5.74, 6) is 0.281. The maximum atomic E-state index is 12.1. The van der Waals surface area contributed by atoms with Gasteiger partial charge in [-0.25, -0.2) is 0 Å². The number of thioether (sulfide) groups is 1. The molecule has 0 fully saturated rings. The van der Waals surface area contributed by atoms with Crippen LogP contribution in [0.15, 0.2) is 47.4 Å². The van der Waals surface area contributed by atoms with Gasteiger partial charge in [-0.15, -0.1) is 11.8 Å². The van der Waals surface area contributed by atoms with E-state index >= 15 is 0 Å². The number of hydrogen-bond acceptors (Lipinski definition) is 4. The quantitative estimate of drug-likeness (QED) is 0.429. The maximum Gasteiger partial charge on any atom is 0.284 e. The van der Waals surface area contributed by atoms with Gasteiger partial charge in [-0.2, -0.15) is 0 Å². The zero-order valence-corrected chi connectivity index (χ0v) is 14.7. The molecule has 1 N–H and O–H groups in total. The number of nitro groups is 1. The molecule has 2 rings (SSSR count). The summed E-state index contributed by atoms with van der Waals surface area (Å²) in [6, 6.07) is 12.2. The van der Waals surface area contributed by atoms with Gasteiger partial charge in [0.05, 0.1) is 9.95 Å². The molecule has 0 radical (unpaired) electrons. The van der Waals surface area contributed by atoms with E-state index in [0.29, 0.717) is 15.7 Å². The number of aryl methyl sites for hydroxylation is 1. The molecule has 0 atom stereocenters. The lowest BCUT2D eigenvalue weighted by molar-refractivity contribution is -0.387.